The number of aliphatic hydroxyl groups is 1. The minimum Gasteiger partial charge on any atom is -0.392 e. The molecule has 1 N–H and O–H groups in total. The number of nitrogens with zero attached hydrogens (tertiary/aromatic N) is 3. The van der Waals surface area contributed by atoms with Gasteiger partial charge in [0.1, 0.15) is 5.82 Å². The van der Waals surface area contributed by atoms with Crippen LogP contribution in [0, 0.1) is 5.92 Å². The van der Waals surface area contributed by atoms with E-state index >= 15 is 0 Å². The number of hydrogen-bond acceptors (Lipinski definition) is 4. The first kappa shape index (κ1) is 16.9. The molecule has 2 heterocycles. The number of anilines is 1. The van der Waals surface area contributed by atoms with Gasteiger partial charge in [0, 0.05) is 33.4 Å². The van der Waals surface area contributed by atoms with Crippen LogP contribution in [0.2, 0.25) is 0 Å². The van der Waals surface area contributed by atoms with E-state index in [9.17, 15) is 0 Å². The van der Waals surface area contributed by atoms with Crippen molar-refractivity contribution in [2.24, 2.45) is 5.92 Å². The third-order valence-corrected chi connectivity index (χ3v) is 4.77. The van der Waals surface area contributed by atoms with Crippen molar-refractivity contribution in [1.82, 2.24) is 9.88 Å². The Balaban J connectivity index is 1.51. The van der Waals surface area contributed by atoms with Gasteiger partial charge in [-0.2, -0.15) is 0 Å². The Morgan fingerprint density at radius 1 is 1.08 bits per heavy atom. The van der Waals surface area contributed by atoms with Crippen molar-refractivity contribution < 1.29 is 5.11 Å². The Morgan fingerprint density at radius 2 is 1.79 bits per heavy atom. The highest BCUT2D eigenvalue weighted by Crippen LogP contribution is 2.23. The smallest absolute Gasteiger partial charge is 0.127 e. The lowest BCUT2D eigenvalue weighted by molar-refractivity contribution is 0.282. The quantitative estimate of drug-likeness (QED) is 0.886. The first-order valence-electron chi connectivity index (χ1n) is 8.67. The second kappa shape index (κ2) is 7.77. The minimum absolute atomic E-state index is 0.123. The molecule has 0 radical (unpaired) electrons. The van der Waals surface area contributed by atoms with Crippen molar-refractivity contribution in [3.8, 4) is 0 Å². The predicted octanol–water partition coefficient (Wildman–Crippen LogP) is 2.70. The second-order valence-corrected chi connectivity index (χ2v) is 6.99. The third kappa shape index (κ3) is 4.34. The van der Waals surface area contributed by atoms with Crippen molar-refractivity contribution in [2.75, 3.05) is 32.1 Å². The SMILES string of the molecule is CN(C)c1ccc(CN2CC[C@H](Cc3ccc(CO)cc3)C2)cn1. The standard InChI is InChI=1S/C20H27N3O/c1-22(2)20-8-7-19(12-21-20)14-23-10-9-18(13-23)11-16-3-5-17(15-24)6-4-16/h3-8,12,18,24H,9-11,13-15H2,1-2H3/t18-/m1/s1. The fourth-order valence-corrected chi connectivity index (χ4v) is 3.37. The van der Waals surface area contributed by atoms with Gasteiger partial charge in [0.05, 0.1) is 6.61 Å². The molecule has 1 aliphatic heterocycles. The van der Waals surface area contributed by atoms with Gasteiger partial charge in [-0.1, -0.05) is 30.3 Å². The summed E-state index contributed by atoms with van der Waals surface area (Å²) >= 11 is 0. The zero-order valence-electron chi connectivity index (χ0n) is 14.7. The van der Waals surface area contributed by atoms with Crippen LogP contribution in [0.15, 0.2) is 42.6 Å². The van der Waals surface area contributed by atoms with Crippen LogP contribution in [0.1, 0.15) is 23.1 Å². The largest absolute Gasteiger partial charge is 0.392 e. The van der Waals surface area contributed by atoms with Gasteiger partial charge in [0.15, 0.2) is 0 Å². The zero-order chi connectivity index (χ0) is 16.9. The van der Waals surface area contributed by atoms with Crippen molar-refractivity contribution in [3.63, 3.8) is 0 Å². The van der Waals surface area contributed by atoms with E-state index < -0.39 is 0 Å². The fourth-order valence-electron chi connectivity index (χ4n) is 3.37. The number of aromatic nitrogens is 1. The molecule has 2 aromatic rings. The molecule has 1 aromatic heterocycles. The van der Waals surface area contributed by atoms with Crippen molar-refractivity contribution in [2.45, 2.75) is 26.0 Å². The third-order valence-electron chi connectivity index (χ3n) is 4.77. The summed E-state index contributed by atoms with van der Waals surface area (Å²) in [4.78, 5) is 9.05. The maximum atomic E-state index is 9.12. The van der Waals surface area contributed by atoms with Crippen LogP contribution in [-0.2, 0) is 19.6 Å². The molecule has 0 aliphatic carbocycles. The number of pyridine rings is 1. The Kier molecular flexibility index (Phi) is 5.48. The number of aliphatic hydroxyl groups excluding tert-OH is 1. The molecule has 0 unspecified atom stereocenters. The van der Waals surface area contributed by atoms with Gasteiger partial charge in [-0.3, -0.25) is 4.90 Å². The summed E-state index contributed by atoms with van der Waals surface area (Å²) in [5.41, 5.74) is 3.64. The van der Waals surface area contributed by atoms with Gasteiger partial charge in [-0.25, -0.2) is 4.98 Å². The van der Waals surface area contributed by atoms with E-state index in [2.05, 4.69) is 34.1 Å². The van der Waals surface area contributed by atoms with Crippen LogP contribution in [-0.4, -0.2) is 42.2 Å². The summed E-state index contributed by atoms with van der Waals surface area (Å²) in [7, 11) is 4.03. The normalized spacial score (nSPS) is 18.0. The van der Waals surface area contributed by atoms with E-state index in [1.165, 1.54) is 17.5 Å². The fraction of sp³-hybridized carbons (Fsp3) is 0.450. The average Bonchev–Trinajstić information content (AvgIpc) is 3.03. The average molecular weight is 325 g/mol. The molecular weight excluding hydrogens is 298 g/mol. The van der Waals surface area contributed by atoms with Crippen LogP contribution >= 0.6 is 0 Å². The van der Waals surface area contributed by atoms with E-state index in [1.807, 2.05) is 37.3 Å². The summed E-state index contributed by atoms with van der Waals surface area (Å²) in [6.07, 6.45) is 4.38. The molecular formula is C20H27N3O. The number of rotatable bonds is 6. The molecule has 24 heavy (non-hydrogen) atoms. The molecule has 0 amide bonds. The predicted molar refractivity (Wildman–Crippen MR) is 98.0 cm³/mol. The Morgan fingerprint density at radius 3 is 2.42 bits per heavy atom. The van der Waals surface area contributed by atoms with Crippen molar-refractivity contribution >= 4 is 5.82 Å². The number of hydrogen-bond donors (Lipinski definition) is 1. The van der Waals surface area contributed by atoms with E-state index in [1.54, 1.807) is 0 Å². The van der Waals surface area contributed by atoms with Crippen LogP contribution in [0.4, 0.5) is 5.82 Å². The first-order valence-corrected chi connectivity index (χ1v) is 8.67. The molecule has 0 saturated carbocycles. The Bertz CT molecular complexity index is 637. The van der Waals surface area contributed by atoms with E-state index in [0.717, 1.165) is 43.4 Å². The van der Waals surface area contributed by atoms with Crippen molar-refractivity contribution in [3.05, 3.63) is 59.3 Å². The van der Waals surface area contributed by atoms with Crippen LogP contribution in [0.5, 0.6) is 0 Å². The molecule has 4 nitrogen and oxygen atoms in total. The molecule has 4 heteroatoms. The van der Waals surface area contributed by atoms with Gasteiger partial charge < -0.3 is 10.0 Å². The van der Waals surface area contributed by atoms with Crippen molar-refractivity contribution in [1.29, 1.82) is 0 Å². The van der Waals surface area contributed by atoms with Crippen LogP contribution in [0.25, 0.3) is 0 Å². The Labute approximate surface area is 144 Å². The lowest BCUT2D eigenvalue weighted by Crippen LogP contribution is -2.21. The summed E-state index contributed by atoms with van der Waals surface area (Å²) < 4.78 is 0. The Hall–Kier alpha value is -1.91. The first-order chi connectivity index (χ1) is 11.6. The van der Waals surface area contributed by atoms with E-state index in [-0.39, 0.29) is 6.61 Å². The second-order valence-electron chi connectivity index (χ2n) is 6.99. The topological polar surface area (TPSA) is 39.6 Å². The lowest BCUT2D eigenvalue weighted by Gasteiger charge is -2.17. The highest BCUT2D eigenvalue weighted by atomic mass is 16.3. The maximum absolute atomic E-state index is 9.12. The molecule has 1 aromatic carbocycles. The van der Waals surface area contributed by atoms with E-state index in [0.29, 0.717) is 0 Å². The molecule has 128 valence electrons. The molecule has 1 atom stereocenters. The maximum Gasteiger partial charge on any atom is 0.127 e. The molecule has 1 saturated heterocycles. The molecule has 0 spiro atoms. The molecule has 3 rings (SSSR count). The van der Waals surface area contributed by atoms with Crippen LogP contribution in [0.3, 0.4) is 0 Å². The van der Waals surface area contributed by atoms with Gasteiger partial charge in [-0.05, 0) is 48.1 Å². The van der Waals surface area contributed by atoms with Gasteiger partial charge in [0.2, 0.25) is 0 Å². The highest BCUT2D eigenvalue weighted by molar-refractivity contribution is 5.37. The zero-order valence-corrected chi connectivity index (χ0v) is 14.7. The summed E-state index contributed by atoms with van der Waals surface area (Å²) in [6.45, 7) is 3.42. The van der Waals surface area contributed by atoms with E-state index in [4.69, 9.17) is 5.11 Å². The molecule has 0 bridgehead atoms. The summed E-state index contributed by atoms with van der Waals surface area (Å²) in [6, 6.07) is 12.6. The van der Waals surface area contributed by atoms with Gasteiger partial charge in [0.25, 0.3) is 0 Å². The minimum atomic E-state index is 0.123. The highest BCUT2D eigenvalue weighted by Gasteiger charge is 2.22. The number of benzene rings is 1. The summed E-state index contributed by atoms with van der Waals surface area (Å²) in [5, 5.41) is 9.12. The van der Waals surface area contributed by atoms with Crippen LogP contribution < -0.4 is 4.90 Å². The lowest BCUT2D eigenvalue weighted by atomic mass is 9.98. The molecule has 1 fully saturated rings. The van der Waals surface area contributed by atoms with Gasteiger partial charge >= 0.3 is 0 Å². The number of likely N-dealkylation sites (tertiary alicyclic amines) is 1. The summed E-state index contributed by atoms with van der Waals surface area (Å²) in [5.74, 6) is 1.73. The molecule has 1 aliphatic rings. The van der Waals surface area contributed by atoms with Gasteiger partial charge in [-0.15, -0.1) is 0 Å². The monoisotopic (exact) mass is 325 g/mol.